The normalized spacial score (nSPS) is 11.2. The van der Waals surface area contributed by atoms with Gasteiger partial charge in [0.15, 0.2) is 0 Å². The van der Waals surface area contributed by atoms with Crippen LogP contribution in [0.2, 0.25) is 0 Å². The summed E-state index contributed by atoms with van der Waals surface area (Å²) < 4.78 is 29.5. The number of benzene rings is 1. The summed E-state index contributed by atoms with van der Waals surface area (Å²) in [6.07, 6.45) is 0. The number of sulfonamides is 1. The number of hydrogen-bond donors (Lipinski definition) is 0. The summed E-state index contributed by atoms with van der Waals surface area (Å²) in [7, 11) is -2.92. The lowest BCUT2D eigenvalue weighted by Gasteiger charge is -2.24. The monoisotopic (exact) mass is 299 g/mol. The first-order chi connectivity index (χ1) is 9.29. The summed E-state index contributed by atoms with van der Waals surface area (Å²) in [5.74, 6) is -2.73. The fraction of sp³-hybridized carbons (Fsp3) is 0.385. The molecule has 0 heterocycles. The lowest BCUT2D eigenvalue weighted by atomic mass is 10.2. The molecule has 1 aromatic rings. The third-order valence-electron chi connectivity index (χ3n) is 2.52. The van der Waals surface area contributed by atoms with E-state index in [9.17, 15) is 18.0 Å². The molecule has 0 aliphatic carbocycles. The fourth-order valence-corrected chi connectivity index (χ4v) is 3.44. The maximum Gasteiger partial charge on any atom is 0.397 e. The van der Waals surface area contributed by atoms with Gasteiger partial charge in [-0.3, -0.25) is 4.79 Å². The van der Waals surface area contributed by atoms with Gasteiger partial charge in [-0.25, -0.2) is 17.5 Å². The van der Waals surface area contributed by atoms with Crippen LogP contribution in [0.5, 0.6) is 0 Å². The Morgan fingerprint density at radius 2 is 1.75 bits per heavy atom. The Balaban J connectivity index is 3.08. The summed E-state index contributed by atoms with van der Waals surface area (Å²) in [5.41, 5.74) is 0.538. The van der Waals surface area contributed by atoms with Gasteiger partial charge in [-0.1, -0.05) is 30.3 Å². The fourth-order valence-electron chi connectivity index (χ4n) is 1.71. The Bertz CT molecular complexity index is 580. The highest BCUT2D eigenvalue weighted by atomic mass is 32.2. The first-order valence-corrected chi connectivity index (χ1v) is 7.59. The SMILES string of the molecule is COC(=O)C(=O)N(C(C)C)S(=O)(=O)Cc1ccccc1. The third-order valence-corrected chi connectivity index (χ3v) is 4.41. The van der Waals surface area contributed by atoms with Gasteiger partial charge < -0.3 is 4.74 Å². The van der Waals surface area contributed by atoms with Crippen molar-refractivity contribution in [3.05, 3.63) is 35.9 Å². The van der Waals surface area contributed by atoms with E-state index in [1.165, 1.54) is 13.8 Å². The average Bonchev–Trinajstić information content (AvgIpc) is 2.37. The highest BCUT2D eigenvalue weighted by Gasteiger charge is 2.34. The zero-order valence-corrected chi connectivity index (χ0v) is 12.4. The van der Waals surface area contributed by atoms with Gasteiger partial charge >= 0.3 is 11.9 Å². The van der Waals surface area contributed by atoms with Crippen LogP contribution in [0.3, 0.4) is 0 Å². The van der Waals surface area contributed by atoms with Crippen LogP contribution in [0.1, 0.15) is 19.4 Å². The maximum atomic E-state index is 12.3. The summed E-state index contributed by atoms with van der Waals surface area (Å²) in [6, 6.07) is 7.77. The number of carbonyl (C=O) groups is 2. The molecule has 0 aliphatic heterocycles. The van der Waals surface area contributed by atoms with Gasteiger partial charge in [0, 0.05) is 6.04 Å². The molecule has 0 aliphatic rings. The Morgan fingerprint density at radius 1 is 1.20 bits per heavy atom. The van der Waals surface area contributed by atoms with E-state index >= 15 is 0 Å². The molecule has 0 saturated heterocycles. The molecule has 1 aromatic carbocycles. The summed E-state index contributed by atoms with van der Waals surface area (Å²) in [5, 5.41) is 0. The molecule has 0 aromatic heterocycles. The van der Waals surface area contributed by atoms with E-state index in [1.54, 1.807) is 30.3 Å². The number of rotatable bonds is 4. The van der Waals surface area contributed by atoms with Crippen molar-refractivity contribution in [1.82, 2.24) is 4.31 Å². The number of hydrogen-bond acceptors (Lipinski definition) is 5. The first-order valence-electron chi connectivity index (χ1n) is 5.98. The first kappa shape index (κ1) is 16.2. The molecule has 0 bridgehead atoms. The maximum absolute atomic E-state index is 12.3. The van der Waals surface area contributed by atoms with Crippen LogP contribution in [0.25, 0.3) is 0 Å². The second-order valence-corrected chi connectivity index (χ2v) is 6.27. The Kier molecular flexibility index (Phi) is 5.26. The van der Waals surface area contributed by atoms with E-state index < -0.39 is 27.9 Å². The predicted molar refractivity (Wildman–Crippen MR) is 73.1 cm³/mol. The van der Waals surface area contributed by atoms with Crippen molar-refractivity contribution in [2.45, 2.75) is 25.6 Å². The van der Waals surface area contributed by atoms with E-state index in [0.717, 1.165) is 7.11 Å². The number of ether oxygens (including phenoxy) is 1. The Labute approximate surface area is 118 Å². The molecule has 0 saturated carbocycles. The number of carbonyl (C=O) groups excluding carboxylic acids is 2. The number of nitrogens with zero attached hydrogens (tertiary/aromatic N) is 1. The van der Waals surface area contributed by atoms with Gasteiger partial charge in [0.2, 0.25) is 10.0 Å². The van der Waals surface area contributed by atoms with Crippen molar-refractivity contribution >= 4 is 21.9 Å². The van der Waals surface area contributed by atoms with Crippen LogP contribution in [-0.2, 0) is 30.1 Å². The molecule has 20 heavy (non-hydrogen) atoms. The minimum atomic E-state index is -3.95. The van der Waals surface area contributed by atoms with E-state index in [2.05, 4.69) is 4.74 Å². The van der Waals surface area contributed by atoms with Crippen molar-refractivity contribution in [3.8, 4) is 0 Å². The molecule has 0 fully saturated rings. The molecule has 0 unspecified atom stereocenters. The Morgan fingerprint density at radius 3 is 2.20 bits per heavy atom. The van der Waals surface area contributed by atoms with Gasteiger partial charge in [-0.05, 0) is 19.4 Å². The largest absolute Gasteiger partial charge is 0.462 e. The molecule has 0 radical (unpaired) electrons. The smallest absolute Gasteiger partial charge is 0.397 e. The summed E-state index contributed by atoms with van der Waals surface area (Å²) >= 11 is 0. The van der Waals surface area contributed by atoms with Gasteiger partial charge in [-0.15, -0.1) is 0 Å². The second kappa shape index (κ2) is 6.51. The van der Waals surface area contributed by atoms with Gasteiger partial charge in [0.05, 0.1) is 12.9 Å². The van der Waals surface area contributed by atoms with Gasteiger partial charge in [-0.2, -0.15) is 0 Å². The molecule has 7 heteroatoms. The van der Waals surface area contributed by atoms with Crippen molar-refractivity contribution < 1.29 is 22.7 Å². The summed E-state index contributed by atoms with van der Waals surface area (Å²) in [4.78, 5) is 23.1. The van der Waals surface area contributed by atoms with Crippen LogP contribution >= 0.6 is 0 Å². The van der Waals surface area contributed by atoms with Crippen LogP contribution < -0.4 is 0 Å². The Hall–Kier alpha value is -1.89. The van der Waals surface area contributed by atoms with Crippen LogP contribution in [0.15, 0.2) is 30.3 Å². The summed E-state index contributed by atoms with van der Waals surface area (Å²) in [6.45, 7) is 3.03. The molecule has 1 amide bonds. The molecule has 0 atom stereocenters. The highest BCUT2D eigenvalue weighted by Crippen LogP contribution is 2.14. The molecule has 110 valence electrons. The second-order valence-electron chi connectivity index (χ2n) is 4.43. The number of methoxy groups -OCH3 is 1. The van der Waals surface area contributed by atoms with E-state index in [1.807, 2.05) is 0 Å². The third kappa shape index (κ3) is 3.80. The molecule has 0 N–H and O–H groups in total. The number of amides is 1. The van der Waals surface area contributed by atoms with E-state index in [0.29, 0.717) is 9.87 Å². The zero-order valence-electron chi connectivity index (χ0n) is 11.6. The predicted octanol–water partition coefficient (Wildman–Crippen LogP) is 0.926. The van der Waals surface area contributed by atoms with Crippen LogP contribution in [-0.4, -0.2) is 37.8 Å². The standard InChI is InChI=1S/C13H17NO5S/c1-10(2)14(12(15)13(16)19-3)20(17,18)9-11-7-5-4-6-8-11/h4-8,10H,9H2,1-3H3. The van der Waals surface area contributed by atoms with Crippen molar-refractivity contribution in [2.24, 2.45) is 0 Å². The molecular formula is C13H17NO5S. The molecular weight excluding hydrogens is 282 g/mol. The lowest BCUT2D eigenvalue weighted by Crippen LogP contribution is -2.46. The molecule has 6 nitrogen and oxygen atoms in total. The number of esters is 1. The quantitative estimate of drug-likeness (QED) is 0.610. The van der Waals surface area contributed by atoms with E-state index in [-0.39, 0.29) is 5.75 Å². The van der Waals surface area contributed by atoms with Crippen LogP contribution in [0.4, 0.5) is 0 Å². The highest BCUT2D eigenvalue weighted by molar-refractivity contribution is 7.89. The van der Waals surface area contributed by atoms with Crippen molar-refractivity contribution in [2.75, 3.05) is 7.11 Å². The molecule has 0 spiro atoms. The minimum Gasteiger partial charge on any atom is -0.462 e. The van der Waals surface area contributed by atoms with Crippen molar-refractivity contribution in [1.29, 1.82) is 0 Å². The zero-order chi connectivity index (χ0) is 15.3. The lowest BCUT2D eigenvalue weighted by molar-refractivity contribution is -0.156. The van der Waals surface area contributed by atoms with Gasteiger partial charge in [0.25, 0.3) is 0 Å². The van der Waals surface area contributed by atoms with E-state index in [4.69, 9.17) is 0 Å². The molecule has 1 rings (SSSR count). The minimum absolute atomic E-state index is 0.352. The van der Waals surface area contributed by atoms with Crippen LogP contribution in [0, 0.1) is 0 Å². The van der Waals surface area contributed by atoms with Gasteiger partial charge in [0.1, 0.15) is 0 Å². The average molecular weight is 299 g/mol. The van der Waals surface area contributed by atoms with Crippen molar-refractivity contribution in [3.63, 3.8) is 0 Å². The topological polar surface area (TPSA) is 80.8 Å².